The number of hydrogen-bond acceptors (Lipinski definition) is 5. The van der Waals surface area contributed by atoms with E-state index >= 15 is 0 Å². The maximum Gasteiger partial charge on any atom is 0.342 e. The van der Waals surface area contributed by atoms with Crippen molar-refractivity contribution >= 4 is 23.4 Å². The molecular formula is C20H21ClO5. The topological polar surface area (TPSA) is 83.8 Å². The van der Waals surface area contributed by atoms with Gasteiger partial charge in [-0.2, -0.15) is 0 Å². The summed E-state index contributed by atoms with van der Waals surface area (Å²) in [5.41, 5.74) is -0.0993. The van der Waals surface area contributed by atoms with Gasteiger partial charge in [-0.05, 0) is 44.1 Å². The zero-order valence-corrected chi connectivity index (χ0v) is 15.2. The number of phenols is 2. The number of hydrogen-bond donors (Lipinski definition) is 2. The molecule has 6 heteroatoms. The Morgan fingerprint density at radius 1 is 1.15 bits per heavy atom. The molecule has 3 atom stereocenters. The van der Waals surface area contributed by atoms with Gasteiger partial charge in [-0.25, -0.2) is 4.79 Å². The molecule has 1 aliphatic carbocycles. The van der Waals surface area contributed by atoms with Crippen LogP contribution < -0.4 is 0 Å². The highest BCUT2D eigenvalue weighted by atomic mass is 35.5. The summed E-state index contributed by atoms with van der Waals surface area (Å²) >= 11 is 6.09. The number of ketones is 1. The normalized spacial score (nSPS) is 28.8. The van der Waals surface area contributed by atoms with Gasteiger partial charge in [-0.15, -0.1) is 0 Å². The Hall–Kier alpha value is -2.27. The van der Waals surface area contributed by atoms with Crippen LogP contribution in [0.4, 0.5) is 0 Å². The van der Waals surface area contributed by atoms with Gasteiger partial charge in [0.1, 0.15) is 17.1 Å². The van der Waals surface area contributed by atoms with Crippen molar-refractivity contribution in [2.24, 2.45) is 11.8 Å². The summed E-state index contributed by atoms with van der Waals surface area (Å²) in [5, 5.41) is 19.9. The van der Waals surface area contributed by atoms with Gasteiger partial charge in [0.25, 0.3) is 0 Å². The molecule has 5 nitrogen and oxygen atoms in total. The quantitative estimate of drug-likeness (QED) is 0.670. The first-order chi connectivity index (χ1) is 12.4. The number of cyclic esters (lactones) is 1. The van der Waals surface area contributed by atoms with Gasteiger partial charge >= 0.3 is 5.97 Å². The lowest BCUT2D eigenvalue weighted by Crippen LogP contribution is -2.29. The molecule has 0 radical (unpaired) electrons. The number of rotatable bonds is 0. The summed E-state index contributed by atoms with van der Waals surface area (Å²) in [6, 6.07) is 0.987. The van der Waals surface area contributed by atoms with Crippen LogP contribution in [0.2, 0.25) is 5.02 Å². The minimum absolute atomic E-state index is 0.0681. The van der Waals surface area contributed by atoms with Crippen molar-refractivity contribution in [2.45, 2.75) is 38.7 Å². The van der Waals surface area contributed by atoms with E-state index in [1.807, 2.05) is 13.0 Å². The number of allylic oxidation sites excluding steroid dienone is 4. The van der Waals surface area contributed by atoms with Crippen LogP contribution in [-0.4, -0.2) is 28.1 Å². The molecule has 0 saturated heterocycles. The Morgan fingerprint density at radius 2 is 1.92 bits per heavy atom. The zero-order valence-electron chi connectivity index (χ0n) is 14.4. The van der Waals surface area contributed by atoms with Gasteiger partial charge in [-0.3, -0.25) is 4.79 Å². The van der Waals surface area contributed by atoms with Crippen LogP contribution in [0.5, 0.6) is 11.5 Å². The predicted molar refractivity (Wildman–Crippen MR) is 97.5 cm³/mol. The Kier molecular flexibility index (Phi) is 5.37. The van der Waals surface area contributed by atoms with Gasteiger partial charge in [0.15, 0.2) is 5.78 Å². The maximum atomic E-state index is 12.6. The minimum Gasteiger partial charge on any atom is -0.507 e. The van der Waals surface area contributed by atoms with Gasteiger partial charge in [0.05, 0.1) is 11.1 Å². The Labute approximate surface area is 156 Å². The largest absolute Gasteiger partial charge is 0.507 e. The number of carbonyl (C=O) groups is 2. The van der Waals surface area contributed by atoms with Crippen LogP contribution >= 0.6 is 11.6 Å². The molecule has 0 amide bonds. The van der Waals surface area contributed by atoms with Crippen molar-refractivity contribution in [2.75, 3.05) is 0 Å². The molecule has 2 aliphatic rings. The van der Waals surface area contributed by atoms with Crippen molar-refractivity contribution in [3.05, 3.63) is 46.5 Å². The highest BCUT2D eigenvalue weighted by molar-refractivity contribution is 6.33. The van der Waals surface area contributed by atoms with Crippen molar-refractivity contribution in [1.82, 2.24) is 0 Å². The molecule has 0 unspecified atom stereocenters. The summed E-state index contributed by atoms with van der Waals surface area (Å²) in [6.45, 7) is 1.81. The summed E-state index contributed by atoms with van der Waals surface area (Å²) in [6.07, 6.45) is 9.32. The fraction of sp³-hybridized carbons (Fsp3) is 0.400. The highest BCUT2D eigenvalue weighted by Crippen LogP contribution is 2.40. The van der Waals surface area contributed by atoms with Crippen LogP contribution in [0.25, 0.3) is 0 Å². The van der Waals surface area contributed by atoms with Crippen LogP contribution in [0, 0.1) is 11.8 Å². The number of fused-ring (bicyclic) bond motifs is 2. The van der Waals surface area contributed by atoms with E-state index in [1.165, 1.54) is 6.08 Å². The number of carbonyl (C=O) groups excluding carboxylic acids is 2. The lowest BCUT2D eigenvalue weighted by Gasteiger charge is -2.36. The SMILES string of the molecule is C[C@@H]1C[C@H]2CC[C@@H]2/C=C\C=C\C(=O)Cc2c(Cl)c(O)cc(O)c2C(=O)O1. The third-order valence-electron chi connectivity index (χ3n) is 5.05. The minimum atomic E-state index is -0.743. The fourth-order valence-electron chi connectivity index (χ4n) is 3.54. The van der Waals surface area contributed by atoms with Crippen LogP contribution in [-0.2, 0) is 16.0 Å². The first kappa shape index (κ1) is 18.5. The average molecular weight is 377 g/mol. The smallest absolute Gasteiger partial charge is 0.342 e. The molecule has 0 spiro atoms. The number of benzene rings is 1. The van der Waals surface area contributed by atoms with Crippen molar-refractivity contribution in [3.63, 3.8) is 0 Å². The molecule has 1 fully saturated rings. The third-order valence-corrected chi connectivity index (χ3v) is 5.47. The summed E-state index contributed by atoms with van der Waals surface area (Å²) in [5.74, 6) is -1.04. The van der Waals surface area contributed by atoms with Gasteiger partial charge in [0, 0.05) is 18.1 Å². The molecule has 26 heavy (non-hydrogen) atoms. The molecule has 1 heterocycles. The number of halogens is 1. The Balaban J connectivity index is 2.01. The second-order valence-corrected chi connectivity index (χ2v) is 7.30. The molecule has 2 N–H and O–H groups in total. The first-order valence-corrected chi connectivity index (χ1v) is 9.06. The van der Waals surface area contributed by atoms with Crippen LogP contribution in [0.3, 0.4) is 0 Å². The predicted octanol–water partition coefficient (Wildman–Crippen LogP) is 3.95. The molecule has 138 valence electrons. The van der Waals surface area contributed by atoms with Gasteiger partial charge in [-0.1, -0.05) is 29.8 Å². The molecule has 1 aromatic rings. The molecule has 3 rings (SSSR count). The molecule has 0 aromatic heterocycles. The van der Waals surface area contributed by atoms with Gasteiger partial charge < -0.3 is 14.9 Å². The second-order valence-electron chi connectivity index (χ2n) is 6.92. The van der Waals surface area contributed by atoms with E-state index in [0.29, 0.717) is 11.8 Å². The van der Waals surface area contributed by atoms with Gasteiger partial charge in [0.2, 0.25) is 0 Å². The molecule has 1 aromatic carbocycles. The van der Waals surface area contributed by atoms with Crippen molar-refractivity contribution in [1.29, 1.82) is 0 Å². The summed E-state index contributed by atoms with van der Waals surface area (Å²) in [4.78, 5) is 24.8. The van der Waals surface area contributed by atoms with E-state index < -0.39 is 11.7 Å². The molecular weight excluding hydrogens is 356 g/mol. The van der Waals surface area contributed by atoms with E-state index in [2.05, 4.69) is 6.08 Å². The lowest BCUT2D eigenvalue weighted by atomic mass is 9.71. The van der Waals surface area contributed by atoms with Crippen LogP contribution in [0.1, 0.15) is 42.1 Å². The first-order valence-electron chi connectivity index (χ1n) is 8.68. The molecule has 0 bridgehead atoms. The monoisotopic (exact) mass is 376 g/mol. The fourth-order valence-corrected chi connectivity index (χ4v) is 3.75. The maximum absolute atomic E-state index is 12.6. The van der Waals surface area contributed by atoms with E-state index in [9.17, 15) is 19.8 Å². The molecule has 1 saturated carbocycles. The number of ether oxygens (including phenoxy) is 1. The van der Waals surface area contributed by atoms with E-state index in [4.69, 9.17) is 16.3 Å². The average Bonchev–Trinajstić information content (AvgIpc) is 2.55. The van der Waals surface area contributed by atoms with E-state index in [1.54, 1.807) is 6.08 Å². The Bertz CT molecular complexity index is 796. The summed E-state index contributed by atoms with van der Waals surface area (Å²) in [7, 11) is 0. The standard InChI is InChI=1S/C20H21ClO5/c1-11-8-13-7-6-12(13)4-2-3-5-14(22)9-15-18(20(25)26-11)16(23)10-17(24)19(15)21/h2-5,10-13,23-24H,6-9H2,1H3/b4-2-,5-3+/t11-,12+,13-/m1/s1. The molecule has 1 aliphatic heterocycles. The van der Waals surface area contributed by atoms with E-state index in [0.717, 1.165) is 25.3 Å². The van der Waals surface area contributed by atoms with Crippen molar-refractivity contribution in [3.8, 4) is 11.5 Å². The van der Waals surface area contributed by atoms with E-state index in [-0.39, 0.29) is 40.2 Å². The number of phenolic OH excluding ortho intramolecular Hbond substituents is 2. The Morgan fingerprint density at radius 3 is 2.62 bits per heavy atom. The zero-order chi connectivity index (χ0) is 18.8. The second kappa shape index (κ2) is 7.54. The van der Waals surface area contributed by atoms with Crippen LogP contribution in [0.15, 0.2) is 30.4 Å². The highest BCUT2D eigenvalue weighted by Gasteiger charge is 2.32. The third kappa shape index (κ3) is 3.78. The summed E-state index contributed by atoms with van der Waals surface area (Å²) < 4.78 is 5.49. The lowest BCUT2D eigenvalue weighted by molar-refractivity contribution is -0.114. The number of esters is 1. The van der Waals surface area contributed by atoms with Crippen molar-refractivity contribution < 1.29 is 24.5 Å². The number of aromatic hydroxyl groups is 2.